The van der Waals surface area contributed by atoms with Crippen molar-refractivity contribution in [1.29, 1.82) is 0 Å². The standard InChI is InChI=1S/C15H24N4O/c1-6-16-15(19(4)5)17-11-12-7-9-13(10-8-12)14(20)18(2)3/h7-10H,6,11H2,1-5H3,(H,16,17). The van der Waals surface area contributed by atoms with Gasteiger partial charge in [-0.3, -0.25) is 4.79 Å². The van der Waals surface area contributed by atoms with Crippen LogP contribution in [0.3, 0.4) is 0 Å². The molecule has 0 unspecified atom stereocenters. The lowest BCUT2D eigenvalue weighted by Crippen LogP contribution is -2.36. The van der Waals surface area contributed by atoms with Gasteiger partial charge in [-0.1, -0.05) is 12.1 Å². The summed E-state index contributed by atoms with van der Waals surface area (Å²) in [7, 11) is 7.42. The average Bonchev–Trinajstić information content (AvgIpc) is 2.42. The number of nitrogens with zero attached hydrogens (tertiary/aromatic N) is 3. The first-order valence-corrected chi connectivity index (χ1v) is 6.72. The molecular weight excluding hydrogens is 252 g/mol. The lowest BCUT2D eigenvalue weighted by Gasteiger charge is -2.16. The minimum absolute atomic E-state index is 0.0154. The zero-order chi connectivity index (χ0) is 15.1. The van der Waals surface area contributed by atoms with Crippen LogP contribution in [0.1, 0.15) is 22.8 Å². The Kier molecular flexibility index (Phi) is 6.03. The summed E-state index contributed by atoms with van der Waals surface area (Å²) < 4.78 is 0. The fraction of sp³-hybridized carbons (Fsp3) is 0.467. The summed E-state index contributed by atoms with van der Waals surface area (Å²) in [6.07, 6.45) is 0. The summed E-state index contributed by atoms with van der Waals surface area (Å²) in [6.45, 7) is 3.48. The Morgan fingerprint density at radius 1 is 1.10 bits per heavy atom. The van der Waals surface area contributed by atoms with Crippen LogP contribution in [-0.4, -0.2) is 56.4 Å². The van der Waals surface area contributed by atoms with Gasteiger partial charge in [-0.05, 0) is 24.6 Å². The van der Waals surface area contributed by atoms with E-state index < -0.39 is 0 Å². The number of nitrogens with one attached hydrogen (secondary N) is 1. The van der Waals surface area contributed by atoms with Crippen LogP contribution in [0, 0.1) is 0 Å². The van der Waals surface area contributed by atoms with E-state index in [1.807, 2.05) is 50.2 Å². The Hall–Kier alpha value is -2.04. The van der Waals surface area contributed by atoms with Crippen LogP contribution in [0.15, 0.2) is 29.3 Å². The van der Waals surface area contributed by atoms with Crippen molar-refractivity contribution in [1.82, 2.24) is 15.1 Å². The summed E-state index contributed by atoms with van der Waals surface area (Å²) in [5, 5.41) is 3.21. The topological polar surface area (TPSA) is 47.9 Å². The maximum absolute atomic E-state index is 11.8. The van der Waals surface area contributed by atoms with E-state index in [-0.39, 0.29) is 5.91 Å². The first-order chi connectivity index (χ1) is 9.45. The van der Waals surface area contributed by atoms with Gasteiger partial charge in [0.1, 0.15) is 0 Å². The van der Waals surface area contributed by atoms with Crippen molar-refractivity contribution >= 4 is 11.9 Å². The van der Waals surface area contributed by atoms with Crippen molar-refractivity contribution in [2.45, 2.75) is 13.5 Å². The van der Waals surface area contributed by atoms with Gasteiger partial charge >= 0.3 is 0 Å². The molecule has 20 heavy (non-hydrogen) atoms. The molecule has 0 radical (unpaired) electrons. The monoisotopic (exact) mass is 276 g/mol. The molecule has 1 N–H and O–H groups in total. The van der Waals surface area contributed by atoms with Crippen molar-refractivity contribution in [3.05, 3.63) is 35.4 Å². The van der Waals surface area contributed by atoms with E-state index in [0.717, 1.165) is 18.1 Å². The molecule has 0 heterocycles. The van der Waals surface area contributed by atoms with Crippen LogP contribution < -0.4 is 5.32 Å². The molecule has 1 aromatic carbocycles. The summed E-state index contributed by atoms with van der Waals surface area (Å²) in [6, 6.07) is 7.57. The lowest BCUT2D eigenvalue weighted by molar-refractivity contribution is 0.0827. The van der Waals surface area contributed by atoms with Crippen LogP contribution in [-0.2, 0) is 6.54 Å². The summed E-state index contributed by atoms with van der Waals surface area (Å²) in [5.41, 5.74) is 1.78. The quantitative estimate of drug-likeness (QED) is 0.668. The molecule has 0 bridgehead atoms. The summed E-state index contributed by atoms with van der Waals surface area (Å²) in [5.74, 6) is 0.877. The molecule has 1 aromatic rings. The van der Waals surface area contributed by atoms with E-state index in [0.29, 0.717) is 12.1 Å². The van der Waals surface area contributed by atoms with E-state index in [1.54, 1.807) is 19.0 Å². The number of aliphatic imine (C=N–C) groups is 1. The van der Waals surface area contributed by atoms with Crippen molar-refractivity contribution < 1.29 is 4.79 Å². The molecule has 0 aliphatic rings. The summed E-state index contributed by atoms with van der Waals surface area (Å²) in [4.78, 5) is 19.8. The molecular formula is C15H24N4O. The minimum atomic E-state index is 0.0154. The fourth-order valence-corrected chi connectivity index (χ4v) is 1.69. The maximum Gasteiger partial charge on any atom is 0.253 e. The van der Waals surface area contributed by atoms with E-state index in [2.05, 4.69) is 10.3 Å². The van der Waals surface area contributed by atoms with Gasteiger partial charge in [0.25, 0.3) is 5.91 Å². The Morgan fingerprint density at radius 3 is 2.15 bits per heavy atom. The molecule has 1 amide bonds. The van der Waals surface area contributed by atoms with E-state index in [4.69, 9.17) is 0 Å². The van der Waals surface area contributed by atoms with Gasteiger partial charge in [-0.15, -0.1) is 0 Å². The van der Waals surface area contributed by atoms with Crippen molar-refractivity contribution in [2.24, 2.45) is 4.99 Å². The van der Waals surface area contributed by atoms with Gasteiger partial charge < -0.3 is 15.1 Å². The van der Waals surface area contributed by atoms with Crippen molar-refractivity contribution in [2.75, 3.05) is 34.7 Å². The summed E-state index contributed by atoms with van der Waals surface area (Å²) >= 11 is 0. The van der Waals surface area contributed by atoms with Crippen LogP contribution >= 0.6 is 0 Å². The number of guanidine groups is 1. The molecule has 0 fully saturated rings. The lowest BCUT2D eigenvalue weighted by atomic mass is 10.1. The first-order valence-electron chi connectivity index (χ1n) is 6.72. The minimum Gasteiger partial charge on any atom is -0.357 e. The molecule has 0 aliphatic carbocycles. The smallest absolute Gasteiger partial charge is 0.253 e. The third-order valence-corrected chi connectivity index (χ3v) is 2.78. The molecule has 1 rings (SSSR count). The van der Waals surface area contributed by atoms with Gasteiger partial charge in [0, 0.05) is 40.3 Å². The largest absolute Gasteiger partial charge is 0.357 e. The van der Waals surface area contributed by atoms with Crippen LogP contribution in [0.4, 0.5) is 0 Å². The number of amides is 1. The molecule has 0 spiro atoms. The van der Waals surface area contributed by atoms with E-state index >= 15 is 0 Å². The van der Waals surface area contributed by atoms with E-state index in [9.17, 15) is 4.79 Å². The number of hydrogen-bond acceptors (Lipinski definition) is 2. The maximum atomic E-state index is 11.8. The molecule has 5 heteroatoms. The highest BCUT2D eigenvalue weighted by molar-refractivity contribution is 5.93. The molecule has 0 saturated carbocycles. The van der Waals surface area contributed by atoms with Gasteiger partial charge in [-0.25, -0.2) is 4.99 Å². The number of rotatable bonds is 4. The predicted octanol–water partition coefficient (Wildman–Crippen LogP) is 1.42. The Morgan fingerprint density at radius 2 is 1.70 bits per heavy atom. The van der Waals surface area contributed by atoms with Crippen LogP contribution in [0.25, 0.3) is 0 Å². The van der Waals surface area contributed by atoms with Crippen molar-refractivity contribution in [3.63, 3.8) is 0 Å². The fourth-order valence-electron chi connectivity index (χ4n) is 1.69. The zero-order valence-electron chi connectivity index (χ0n) is 13.0. The number of benzene rings is 1. The van der Waals surface area contributed by atoms with Gasteiger partial charge in [-0.2, -0.15) is 0 Å². The third kappa shape index (κ3) is 4.57. The molecule has 110 valence electrons. The highest BCUT2D eigenvalue weighted by Gasteiger charge is 2.07. The molecule has 0 saturated heterocycles. The molecule has 0 atom stereocenters. The van der Waals surface area contributed by atoms with Crippen LogP contribution in [0.5, 0.6) is 0 Å². The number of hydrogen-bond donors (Lipinski definition) is 1. The third-order valence-electron chi connectivity index (χ3n) is 2.78. The van der Waals surface area contributed by atoms with Gasteiger partial charge in [0.05, 0.1) is 6.54 Å². The zero-order valence-corrected chi connectivity index (χ0v) is 13.0. The normalized spacial score (nSPS) is 11.2. The highest BCUT2D eigenvalue weighted by atomic mass is 16.2. The predicted molar refractivity (Wildman–Crippen MR) is 83.0 cm³/mol. The van der Waals surface area contributed by atoms with Gasteiger partial charge in [0.2, 0.25) is 0 Å². The molecule has 0 aromatic heterocycles. The van der Waals surface area contributed by atoms with Crippen LogP contribution in [0.2, 0.25) is 0 Å². The van der Waals surface area contributed by atoms with E-state index in [1.165, 1.54) is 0 Å². The second-order valence-electron chi connectivity index (χ2n) is 4.96. The highest BCUT2D eigenvalue weighted by Crippen LogP contribution is 2.07. The second-order valence-corrected chi connectivity index (χ2v) is 4.96. The van der Waals surface area contributed by atoms with Crippen molar-refractivity contribution in [3.8, 4) is 0 Å². The first kappa shape index (κ1) is 16.0. The van der Waals surface area contributed by atoms with Gasteiger partial charge in [0.15, 0.2) is 5.96 Å². The number of carbonyl (C=O) groups is 1. The second kappa shape index (κ2) is 7.53. The Balaban J connectivity index is 2.74. The number of carbonyl (C=O) groups excluding carboxylic acids is 1. The SMILES string of the molecule is CCNC(=NCc1ccc(C(=O)N(C)C)cc1)N(C)C. The Labute approximate surface area is 121 Å². The molecule has 5 nitrogen and oxygen atoms in total. The average molecular weight is 276 g/mol. The molecule has 0 aliphatic heterocycles. The Bertz CT molecular complexity index is 463.